The van der Waals surface area contributed by atoms with Gasteiger partial charge in [-0.25, -0.2) is 0 Å². The Bertz CT molecular complexity index is 738. The van der Waals surface area contributed by atoms with Gasteiger partial charge in [-0.05, 0) is 48.9 Å². The van der Waals surface area contributed by atoms with Gasteiger partial charge in [-0.15, -0.1) is 0 Å². The predicted molar refractivity (Wildman–Crippen MR) is 91.2 cm³/mol. The van der Waals surface area contributed by atoms with Crippen LogP contribution in [0.1, 0.15) is 30.4 Å². The molecule has 0 atom stereocenters. The van der Waals surface area contributed by atoms with E-state index in [1.54, 1.807) is 0 Å². The van der Waals surface area contributed by atoms with Gasteiger partial charge in [0.15, 0.2) is 11.5 Å². The molecule has 2 aliphatic rings. The van der Waals surface area contributed by atoms with Crippen molar-refractivity contribution in [3.05, 3.63) is 59.7 Å². The fraction of sp³-hybridized carbons (Fsp3) is 0.350. The summed E-state index contributed by atoms with van der Waals surface area (Å²) >= 11 is 0. The van der Waals surface area contributed by atoms with E-state index in [4.69, 9.17) is 9.47 Å². The normalized spacial score (nSPS) is 16.7. The molecule has 0 saturated heterocycles. The molecular formula is C20H21NO3. The first kappa shape index (κ1) is 15.1. The molecule has 1 heterocycles. The van der Waals surface area contributed by atoms with Crippen LogP contribution in [0.15, 0.2) is 48.5 Å². The summed E-state index contributed by atoms with van der Waals surface area (Å²) < 4.78 is 10.8. The second kappa shape index (κ2) is 6.19. The number of carbonyl (C=O) groups excluding carboxylic acids is 1. The van der Waals surface area contributed by atoms with Gasteiger partial charge in [-0.1, -0.05) is 36.4 Å². The summed E-state index contributed by atoms with van der Waals surface area (Å²) in [6, 6.07) is 16.2. The van der Waals surface area contributed by atoms with Gasteiger partial charge in [-0.2, -0.15) is 0 Å². The summed E-state index contributed by atoms with van der Waals surface area (Å²) in [5, 5.41) is 3.11. The van der Waals surface area contributed by atoms with E-state index in [1.807, 2.05) is 36.4 Å². The van der Waals surface area contributed by atoms with E-state index < -0.39 is 0 Å². The number of amides is 1. The monoisotopic (exact) mass is 323 g/mol. The van der Waals surface area contributed by atoms with Gasteiger partial charge in [0.05, 0.1) is 5.41 Å². The Balaban J connectivity index is 1.34. The summed E-state index contributed by atoms with van der Waals surface area (Å²) in [7, 11) is 0. The predicted octanol–water partition coefficient (Wildman–Crippen LogP) is 3.20. The molecule has 1 amide bonds. The van der Waals surface area contributed by atoms with Crippen molar-refractivity contribution >= 4 is 5.91 Å². The molecule has 1 N–H and O–H groups in total. The van der Waals surface area contributed by atoms with Crippen LogP contribution in [0, 0.1) is 0 Å². The number of carbonyl (C=O) groups is 1. The van der Waals surface area contributed by atoms with E-state index in [-0.39, 0.29) is 18.1 Å². The van der Waals surface area contributed by atoms with Crippen molar-refractivity contribution in [2.24, 2.45) is 0 Å². The minimum absolute atomic E-state index is 0.134. The van der Waals surface area contributed by atoms with Crippen molar-refractivity contribution in [1.82, 2.24) is 5.32 Å². The molecular weight excluding hydrogens is 302 g/mol. The van der Waals surface area contributed by atoms with Crippen LogP contribution in [-0.2, 0) is 16.6 Å². The quantitative estimate of drug-likeness (QED) is 0.831. The fourth-order valence-corrected chi connectivity index (χ4v) is 3.27. The molecule has 0 aromatic heterocycles. The Labute approximate surface area is 141 Å². The van der Waals surface area contributed by atoms with Crippen LogP contribution in [0.25, 0.3) is 0 Å². The zero-order chi connectivity index (χ0) is 16.4. The van der Waals surface area contributed by atoms with E-state index in [1.165, 1.54) is 5.56 Å². The van der Waals surface area contributed by atoms with Gasteiger partial charge in [0.2, 0.25) is 12.7 Å². The highest BCUT2D eigenvalue weighted by molar-refractivity contribution is 5.91. The highest BCUT2D eigenvalue weighted by Gasteiger charge is 2.51. The van der Waals surface area contributed by atoms with Crippen LogP contribution in [0.4, 0.5) is 0 Å². The van der Waals surface area contributed by atoms with E-state index in [9.17, 15) is 4.79 Å². The maximum Gasteiger partial charge on any atom is 0.231 e. The molecule has 0 spiro atoms. The zero-order valence-corrected chi connectivity index (χ0v) is 13.6. The maximum absolute atomic E-state index is 12.7. The summed E-state index contributed by atoms with van der Waals surface area (Å²) in [6.45, 7) is 0.970. The number of hydrogen-bond acceptors (Lipinski definition) is 3. The topological polar surface area (TPSA) is 47.6 Å². The Morgan fingerprint density at radius 2 is 1.83 bits per heavy atom. The van der Waals surface area contributed by atoms with Crippen LogP contribution in [0.2, 0.25) is 0 Å². The van der Waals surface area contributed by atoms with Crippen molar-refractivity contribution in [2.75, 3.05) is 13.3 Å². The standard InChI is InChI=1S/C20H21NO3/c22-19(21-12-4-7-15-5-2-1-3-6-15)20(10-11-20)16-8-9-17-18(13-16)24-14-23-17/h1-3,5-6,8-9,13H,4,7,10-12,14H2,(H,21,22). The Hall–Kier alpha value is -2.49. The minimum Gasteiger partial charge on any atom is -0.454 e. The van der Waals surface area contributed by atoms with Gasteiger partial charge >= 0.3 is 0 Å². The Kier molecular flexibility index (Phi) is 3.89. The maximum atomic E-state index is 12.7. The minimum atomic E-state index is -0.367. The zero-order valence-electron chi connectivity index (χ0n) is 13.6. The van der Waals surface area contributed by atoms with Gasteiger partial charge in [0.25, 0.3) is 0 Å². The van der Waals surface area contributed by atoms with E-state index in [0.717, 1.165) is 42.7 Å². The van der Waals surface area contributed by atoms with Crippen molar-refractivity contribution < 1.29 is 14.3 Å². The van der Waals surface area contributed by atoms with Gasteiger partial charge in [0.1, 0.15) is 0 Å². The molecule has 2 aromatic carbocycles. The van der Waals surface area contributed by atoms with Crippen LogP contribution in [0.3, 0.4) is 0 Å². The molecule has 4 nitrogen and oxygen atoms in total. The summed E-state index contributed by atoms with van der Waals surface area (Å²) in [4.78, 5) is 12.7. The largest absolute Gasteiger partial charge is 0.454 e. The molecule has 2 aromatic rings. The molecule has 0 unspecified atom stereocenters. The molecule has 4 rings (SSSR count). The van der Waals surface area contributed by atoms with Gasteiger partial charge < -0.3 is 14.8 Å². The molecule has 1 saturated carbocycles. The summed E-state index contributed by atoms with van der Waals surface area (Å²) in [6.07, 6.45) is 3.74. The molecule has 124 valence electrons. The van der Waals surface area contributed by atoms with Gasteiger partial charge in [0, 0.05) is 6.54 Å². The summed E-state index contributed by atoms with van der Waals surface area (Å²) in [5.74, 6) is 1.64. The van der Waals surface area contributed by atoms with Crippen LogP contribution in [-0.4, -0.2) is 19.2 Å². The Morgan fingerprint density at radius 3 is 2.62 bits per heavy atom. The number of hydrogen-bond donors (Lipinski definition) is 1. The average Bonchev–Trinajstić information content (AvgIpc) is 3.30. The van der Waals surface area contributed by atoms with Gasteiger partial charge in [-0.3, -0.25) is 4.79 Å². The lowest BCUT2D eigenvalue weighted by atomic mass is 9.94. The lowest BCUT2D eigenvalue weighted by Gasteiger charge is -2.16. The molecule has 24 heavy (non-hydrogen) atoms. The molecule has 0 radical (unpaired) electrons. The molecule has 0 bridgehead atoms. The highest BCUT2D eigenvalue weighted by atomic mass is 16.7. The van der Waals surface area contributed by atoms with Crippen molar-refractivity contribution in [1.29, 1.82) is 0 Å². The van der Waals surface area contributed by atoms with Crippen LogP contribution < -0.4 is 14.8 Å². The first-order valence-electron chi connectivity index (χ1n) is 8.50. The first-order valence-corrected chi connectivity index (χ1v) is 8.50. The lowest BCUT2D eigenvalue weighted by molar-refractivity contribution is -0.123. The number of benzene rings is 2. The molecule has 1 fully saturated rings. The average molecular weight is 323 g/mol. The van der Waals surface area contributed by atoms with Crippen molar-refractivity contribution in [3.63, 3.8) is 0 Å². The molecule has 4 heteroatoms. The summed E-state index contributed by atoms with van der Waals surface area (Å²) in [5.41, 5.74) is 1.98. The lowest BCUT2D eigenvalue weighted by Crippen LogP contribution is -2.35. The number of rotatable bonds is 6. The Morgan fingerprint density at radius 1 is 1.04 bits per heavy atom. The second-order valence-electron chi connectivity index (χ2n) is 6.50. The number of fused-ring (bicyclic) bond motifs is 1. The van der Waals surface area contributed by atoms with Crippen molar-refractivity contribution in [3.8, 4) is 11.5 Å². The van der Waals surface area contributed by atoms with E-state index >= 15 is 0 Å². The first-order chi connectivity index (χ1) is 11.8. The van der Waals surface area contributed by atoms with Crippen LogP contribution >= 0.6 is 0 Å². The third-order valence-corrected chi connectivity index (χ3v) is 4.88. The second-order valence-corrected chi connectivity index (χ2v) is 6.50. The number of aryl methyl sites for hydroxylation is 1. The van der Waals surface area contributed by atoms with Crippen LogP contribution in [0.5, 0.6) is 11.5 Å². The molecule has 1 aliphatic heterocycles. The van der Waals surface area contributed by atoms with Crippen molar-refractivity contribution in [2.45, 2.75) is 31.1 Å². The van der Waals surface area contributed by atoms with E-state index in [0.29, 0.717) is 6.54 Å². The third kappa shape index (κ3) is 2.84. The number of nitrogens with one attached hydrogen (secondary N) is 1. The third-order valence-electron chi connectivity index (χ3n) is 4.88. The fourth-order valence-electron chi connectivity index (χ4n) is 3.27. The SMILES string of the molecule is O=C(NCCCc1ccccc1)C1(c2ccc3c(c2)OCO3)CC1. The number of ether oxygens (including phenoxy) is 2. The molecule has 1 aliphatic carbocycles. The smallest absolute Gasteiger partial charge is 0.231 e. The van der Waals surface area contributed by atoms with E-state index in [2.05, 4.69) is 17.4 Å². The highest BCUT2D eigenvalue weighted by Crippen LogP contribution is 2.50.